The molecular formula is C18H19N3O3S. The van der Waals surface area contributed by atoms with Gasteiger partial charge in [-0.05, 0) is 36.6 Å². The minimum absolute atomic E-state index is 0.00966. The highest BCUT2D eigenvalue weighted by Gasteiger charge is 2.22. The van der Waals surface area contributed by atoms with E-state index in [1.54, 1.807) is 18.2 Å². The molecule has 0 spiro atoms. The molecular weight excluding hydrogens is 338 g/mol. The molecule has 1 saturated carbocycles. The average molecular weight is 357 g/mol. The number of carbonyl (C=O) groups is 2. The Kier molecular flexibility index (Phi) is 4.57. The number of Topliss-reactive ketones (excluding diaryl/α,β-unsaturated/α-hetero) is 1. The van der Waals surface area contributed by atoms with Crippen molar-refractivity contribution in [2.24, 2.45) is 0 Å². The highest BCUT2D eigenvalue weighted by atomic mass is 32.2. The van der Waals surface area contributed by atoms with Crippen LogP contribution in [0.5, 0.6) is 0 Å². The van der Waals surface area contributed by atoms with Crippen LogP contribution >= 0.6 is 11.8 Å². The predicted molar refractivity (Wildman–Crippen MR) is 94.0 cm³/mol. The summed E-state index contributed by atoms with van der Waals surface area (Å²) in [6, 6.07) is 5.32. The van der Waals surface area contributed by atoms with Crippen molar-refractivity contribution in [1.29, 1.82) is 0 Å². The molecule has 0 atom stereocenters. The van der Waals surface area contributed by atoms with Gasteiger partial charge in [-0.3, -0.25) is 9.59 Å². The number of nitrogens with zero attached hydrogens (tertiary/aromatic N) is 2. The monoisotopic (exact) mass is 357 g/mol. The fourth-order valence-corrected chi connectivity index (χ4v) is 4.07. The second-order valence-corrected chi connectivity index (χ2v) is 7.48. The summed E-state index contributed by atoms with van der Waals surface area (Å²) in [7, 11) is 0. The van der Waals surface area contributed by atoms with Gasteiger partial charge >= 0.3 is 0 Å². The van der Waals surface area contributed by atoms with Crippen LogP contribution in [0.3, 0.4) is 0 Å². The first-order chi connectivity index (χ1) is 12.2. The van der Waals surface area contributed by atoms with Gasteiger partial charge < -0.3 is 9.73 Å². The summed E-state index contributed by atoms with van der Waals surface area (Å²) in [5.74, 6) is 1.27. The van der Waals surface area contributed by atoms with Gasteiger partial charge in [-0.25, -0.2) is 0 Å². The zero-order valence-corrected chi connectivity index (χ0v) is 14.6. The predicted octanol–water partition coefficient (Wildman–Crippen LogP) is 3.59. The normalized spacial score (nSPS) is 17.4. The number of thioether (sulfide) groups is 1. The lowest BCUT2D eigenvalue weighted by atomic mass is 9.89. The Morgan fingerprint density at radius 2 is 2.08 bits per heavy atom. The van der Waals surface area contributed by atoms with Crippen LogP contribution in [0, 0.1) is 0 Å². The lowest BCUT2D eigenvalue weighted by molar-refractivity contribution is -0.115. The van der Waals surface area contributed by atoms with E-state index in [9.17, 15) is 9.59 Å². The van der Waals surface area contributed by atoms with Crippen molar-refractivity contribution < 1.29 is 14.0 Å². The van der Waals surface area contributed by atoms with E-state index in [1.165, 1.54) is 31.0 Å². The highest BCUT2D eigenvalue weighted by molar-refractivity contribution is 7.99. The van der Waals surface area contributed by atoms with E-state index in [1.807, 2.05) is 0 Å². The van der Waals surface area contributed by atoms with Crippen molar-refractivity contribution >= 4 is 29.1 Å². The number of amides is 1. The number of rotatable bonds is 5. The van der Waals surface area contributed by atoms with Crippen LogP contribution in [-0.2, 0) is 11.2 Å². The van der Waals surface area contributed by atoms with Crippen LogP contribution in [0.25, 0.3) is 0 Å². The first kappa shape index (κ1) is 16.3. The lowest BCUT2D eigenvalue weighted by Crippen LogP contribution is -2.04. The third-order valence-electron chi connectivity index (χ3n) is 4.76. The molecule has 1 aromatic heterocycles. The smallest absolute Gasteiger partial charge is 0.277 e. The maximum atomic E-state index is 12.4. The molecule has 1 N–H and O–H groups in total. The van der Waals surface area contributed by atoms with Crippen LogP contribution in [-0.4, -0.2) is 27.6 Å². The number of hydrogen-bond acceptors (Lipinski definition) is 6. The molecule has 0 saturated heterocycles. The Labute approximate surface area is 149 Å². The van der Waals surface area contributed by atoms with E-state index in [0.29, 0.717) is 29.0 Å². The van der Waals surface area contributed by atoms with Gasteiger partial charge in [0, 0.05) is 17.2 Å². The number of nitrogens with one attached hydrogen (secondary N) is 1. The van der Waals surface area contributed by atoms with Gasteiger partial charge in [0.2, 0.25) is 11.8 Å². The SMILES string of the molecule is O=C1Cc2cc(C(=O)CSc3nnc(C4CCCCC4)o3)ccc2N1. The van der Waals surface area contributed by atoms with E-state index in [2.05, 4.69) is 15.5 Å². The van der Waals surface area contributed by atoms with Crippen LogP contribution in [0.4, 0.5) is 5.69 Å². The molecule has 2 aliphatic rings. The molecule has 7 heteroatoms. The van der Waals surface area contributed by atoms with E-state index < -0.39 is 0 Å². The van der Waals surface area contributed by atoms with Crippen molar-refractivity contribution in [2.45, 2.75) is 49.7 Å². The van der Waals surface area contributed by atoms with E-state index in [0.717, 1.165) is 24.1 Å². The summed E-state index contributed by atoms with van der Waals surface area (Å²) in [4.78, 5) is 23.8. The maximum absolute atomic E-state index is 12.4. The van der Waals surface area contributed by atoms with Gasteiger partial charge in [0.15, 0.2) is 5.78 Å². The summed E-state index contributed by atoms with van der Waals surface area (Å²) in [6.45, 7) is 0. The zero-order valence-electron chi connectivity index (χ0n) is 13.8. The fraction of sp³-hybridized carbons (Fsp3) is 0.444. The van der Waals surface area contributed by atoms with Gasteiger partial charge in [0.25, 0.3) is 5.22 Å². The molecule has 6 nitrogen and oxygen atoms in total. The molecule has 130 valence electrons. The minimum atomic E-state index is -0.0323. The molecule has 0 bridgehead atoms. The van der Waals surface area contributed by atoms with Crippen LogP contribution in [0.2, 0.25) is 0 Å². The third kappa shape index (κ3) is 3.61. The topological polar surface area (TPSA) is 85.1 Å². The molecule has 1 aliphatic heterocycles. The van der Waals surface area contributed by atoms with Crippen LogP contribution in [0.1, 0.15) is 59.8 Å². The number of ketones is 1. The molecule has 25 heavy (non-hydrogen) atoms. The second-order valence-electron chi connectivity index (χ2n) is 6.55. The van der Waals surface area contributed by atoms with Gasteiger partial charge in [0.1, 0.15) is 0 Å². The second kappa shape index (κ2) is 7.00. The number of fused-ring (bicyclic) bond motifs is 1. The van der Waals surface area contributed by atoms with Gasteiger partial charge in [-0.15, -0.1) is 10.2 Å². The number of carbonyl (C=O) groups excluding carboxylic acids is 2. The van der Waals surface area contributed by atoms with Crippen molar-refractivity contribution in [2.75, 3.05) is 11.1 Å². The van der Waals surface area contributed by atoms with Crippen LogP contribution < -0.4 is 5.32 Å². The highest BCUT2D eigenvalue weighted by Crippen LogP contribution is 2.33. The summed E-state index contributed by atoms with van der Waals surface area (Å²) < 4.78 is 5.73. The number of anilines is 1. The number of hydrogen-bond donors (Lipinski definition) is 1. The Morgan fingerprint density at radius 3 is 2.92 bits per heavy atom. The molecule has 1 aromatic carbocycles. The van der Waals surface area contributed by atoms with Crippen LogP contribution in [0.15, 0.2) is 27.8 Å². The molecule has 1 fully saturated rings. The van der Waals surface area contributed by atoms with Gasteiger partial charge in [-0.2, -0.15) is 0 Å². The standard InChI is InChI=1S/C18H19N3O3S/c22-15(12-6-7-14-13(8-12)9-16(23)19-14)10-25-18-21-20-17(24-18)11-4-2-1-3-5-11/h6-8,11H,1-5,9-10H2,(H,19,23). The van der Waals surface area contributed by atoms with E-state index in [-0.39, 0.29) is 17.4 Å². The quantitative estimate of drug-likeness (QED) is 0.650. The third-order valence-corrected chi connectivity index (χ3v) is 5.57. The summed E-state index contributed by atoms with van der Waals surface area (Å²) in [5.41, 5.74) is 2.27. The molecule has 1 amide bonds. The first-order valence-electron chi connectivity index (χ1n) is 8.61. The van der Waals surface area contributed by atoms with Crippen molar-refractivity contribution in [3.8, 4) is 0 Å². The fourth-order valence-electron chi connectivity index (χ4n) is 3.41. The summed E-state index contributed by atoms with van der Waals surface area (Å²) in [5, 5.41) is 11.4. The maximum Gasteiger partial charge on any atom is 0.277 e. The zero-order chi connectivity index (χ0) is 17.2. The molecule has 1 aliphatic carbocycles. The largest absolute Gasteiger partial charge is 0.416 e. The van der Waals surface area contributed by atoms with E-state index in [4.69, 9.17) is 4.42 Å². The van der Waals surface area contributed by atoms with Crippen molar-refractivity contribution in [1.82, 2.24) is 10.2 Å². The Hall–Kier alpha value is -2.15. The van der Waals surface area contributed by atoms with Crippen molar-refractivity contribution in [3.05, 3.63) is 35.2 Å². The summed E-state index contributed by atoms with van der Waals surface area (Å²) >= 11 is 1.27. The van der Waals surface area contributed by atoms with Gasteiger partial charge in [-0.1, -0.05) is 31.0 Å². The molecule has 0 unspecified atom stereocenters. The van der Waals surface area contributed by atoms with Gasteiger partial charge in [0.05, 0.1) is 12.2 Å². The lowest BCUT2D eigenvalue weighted by Gasteiger charge is -2.17. The summed E-state index contributed by atoms with van der Waals surface area (Å²) in [6.07, 6.45) is 6.24. The Balaban J connectivity index is 1.37. The molecule has 4 rings (SSSR count). The minimum Gasteiger partial charge on any atom is -0.416 e. The number of aromatic nitrogens is 2. The first-order valence-corrected chi connectivity index (χ1v) is 9.60. The van der Waals surface area contributed by atoms with Crippen molar-refractivity contribution in [3.63, 3.8) is 0 Å². The molecule has 0 radical (unpaired) electrons. The molecule has 2 aromatic rings. The average Bonchev–Trinajstić information content (AvgIpc) is 3.25. The Bertz CT molecular complexity index is 812. The Morgan fingerprint density at radius 1 is 1.24 bits per heavy atom. The van der Waals surface area contributed by atoms with E-state index >= 15 is 0 Å². The number of benzene rings is 1. The molecule has 2 heterocycles.